The lowest BCUT2D eigenvalue weighted by Gasteiger charge is -2.37. The molecule has 0 spiro atoms. The van der Waals surface area contributed by atoms with Crippen LogP contribution in [0.5, 0.6) is 0 Å². The zero-order valence-corrected chi connectivity index (χ0v) is 14.5. The van der Waals surface area contributed by atoms with Crippen molar-refractivity contribution in [2.75, 3.05) is 36.0 Å². The summed E-state index contributed by atoms with van der Waals surface area (Å²) >= 11 is 0. The molecule has 4 heterocycles. The van der Waals surface area contributed by atoms with E-state index in [1.165, 1.54) is 27.8 Å². The third-order valence-corrected chi connectivity index (χ3v) is 5.34. The summed E-state index contributed by atoms with van der Waals surface area (Å²) in [5, 5.41) is 1.35. The molecular weight excluding hydrogens is 308 g/mol. The van der Waals surface area contributed by atoms with E-state index in [4.69, 9.17) is 0 Å². The molecule has 25 heavy (non-hydrogen) atoms. The second-order valence-electron chi connectivity index (χ2n) is 6.97. The van der Waals surface area contributed by atoms with Crippen molar-refractivity contribution in [3.63, 3.8) is 0 Å². The van der Waals surface area contributed by atoms with Crippen LogP contribution in [0.3, 0.4) is 0 Å². The smallest absolute Gasteiger partial charge is 0.128 e. The number of para-hydroxylation sites is 1. The molecule has 1 fully saturated rings. The number of allylic oxidation sites excluding steroid dienone is 1. The van der Waals surface area contributed by atoms with Gasteiger partial charge < -0.3 is 14.4 Å². The highest BCUT2D eigenvalue weighted by atomic mass is 15.3. The first kappa shape index (κ1) is 14.6. The molecule has 0 radical (unpaired) electrons. The zero-order chi connectivity index (χ0) is 16.8. The SMILES string of the molecule is Cc1ccnc(N2CCN(c3cc4cccc5c4n3CC=C5)CC2)c1. The average molecular weight is 330 g/mol. The molecule has 3 aromatic rings. The fourth-order valence-corrected chi connectivity index (χ4v) is 4.06. The topological polar surface area (TPSA) is 24.3 Å². The number of pyridine rings is 1. The Kier molecular flexibility index (Phi) is 3.30. The highest BCUT2D eigenvalue weighted by molar-refractivity contribution is 5.93. The summed E-state index contributed by atoms with van der Waals surface area (Å²) in [6, 6.07) is 13.2. The van der Waals surface area contributed by atoms with Crippen molar-refractivity contribution >= 4 is 28.6 Å². The quantitative estimate of drug-likeness (QED) is 0.716. The van der Waals surface area contributed by atoms with Crippen molar-refractivity contribution in [3.8, 4) is 0 Å². The third kappa shape index (κ3) is 2.40. The number of nitrogens with zero attached hydrogens (tertiary/aromatic N) is 4. The minimum Gasteiger partial charge on any atom is -0.354 e. The van der Waals surface area contributed by atoms with Gasteiger partial charge in [-0.2, -0.15) is 0 Å². The number of hydrogen-bond acceptors (Lipinski definition) is 3. The third-order valence-electron chi connectivity index (χ3n) is 5.34. The van der Waals surface area contributed by atoms with E-state index in [0.717, 1.165) is 38.5 Å². The molecule has 0 unspecified atom stereocenters. The lowest BCUT2D eigenvalue weighted by atomic mass is 10.1. The van der Waals surface area contributed by atoms with E-state index in [-0.39, 0.29) is 0 Å². The van der Waals surface area contributed by atoms with Crippen LogP contribution in [0.2, 0.25) is 0 Å². The molecule has 2 aromatic heterocycles. The van der Waals surface area contributed by atoms with Gasteiger partial charge in [0.05, 0.1) is 5.52 Å². The Hall–Kier alpha value is -2.75. The van der Waals surface area contributed by atoms with E-state index in [9.17, 15) is 0 Å². The van der Waals surface area contributed by atoms with Crippen LogP contribution in [0.15, 0.2) is 48.7 Å². The number of anilines is 2. The Balaban J connectivity index is 1.42. The largest absolute Gasteiger partial charge is 0.354 e. The minimum absolute atomic E-state index is 0.968. The van der Waals surface area contributed by atoms with Gasteiger partial charge in [-0.25, -0.2) is 4.98 Å². The summed E-state index contributed by atoms with van der Waals surface area (Å²) < 4.78 is 2.46. The Bertz CT molecular complexity index is 961. The van der Waals surface area contributed by atoms with E-state index in [1.54, 1.807) is 0 Å². The Labute approximate surface area is 148 Å². The maximum absolute atomic E-state index is 4.54. The summed E-state index contributed by atoms with van der Waals surface area (Å²) in [6.07, 6.45) is 6.42. The maximum atomic E-state index is 4.54. The summed E-state index contributed by atoms with van der Waals surface area (Å²) in [4.78, 5) is 9.46. The van der Waals surface area contributed by atoms with Crippen LogP contribution in [-0.4, -0.2) is 35.7 Å². The highest BCUT2D eigenvalue weighted by Gasteiger charge is 2.22. The first-order valence-corrected chi connectivity index (χ1v) is 9.01. The van der Waals surface area contributed by atoms with Crippen LogP contribution in [0.25, 0.3) is 17.0 Å². The lowest BCUT2D eigenvalue weighted by Crippen LogP contribution is -2.47. The van der Waals surface area contributed by atoms with Crippen molar-refractivity contribution in [1.82, 2.24) is 9.55 Å². The van der Waals surface area contributed by atoms with Crippen LogP contribution in [0.1, 0.15) is 11.1 Å². The van der Waals surface area contributed by atoms with Crippen LogP contribution in [0, 0.1) is 6.92 Å². The van der Waals surface area contributed by atoms with Crippen molar-refractivity contribution in [1.29, 1.82) is 0 Å². The van der Waals surface area contributed by atoms with E-state index < -0.39 is 0 Å². The summed E-state index contributed by atoms with van der Waals surface area (Å²) in [5.74, 6) is 2.45. The first-order valence-electron chi connectivity index (χ1n) is 9.01. The predicted octanol–water partition coefficient (Wildman–Crippen LogP) is 3.70. The van der Waals surface area contributed by atoms with Crippen LogP contribution in [-0.2, 0) is 6.54 Å². The Morgan fingerprint density at radius 3 is 2.64 bits per heavy atom. The van der Waals surface area contributed by atoms with E-state index in [0.29, 0.717) is 0 Å². The normalized spacial score (nSPS) is 16.7. The van der Waals surface area contributed by atoms with Gasteiger partial charge in [-0.15, -0.1) is 0 Å². The van der Waals surface area contributed by atoms with Crippen LogP contribution in [0.4, 0.5) is 11.6 Å². The molecule has 0 saturated carbocycles. The van der Waals surface area contributed by atoms with Gasteiger partial charge in [0.1, 0.15) is 11.6 Å². The number of benzene rings is 1. The monoisotopic (exact) mass is 330 g/mol. The molecule has 1 saturated heterocycles. The van der Waals surface area contributed by atoms with Gasteiger partial charge in [-0.3, -0.25) is 0 Å². The molecule has 2 aliphatic heterocycles. The summed E-state index contributed by atoms with van der Waals surface area (Å²) in [6.45, 7) is 7.19. The molecule has 0 aliphatic carbocycles. The molecular formula is C21H22N4. The van der Waals surface area contributed by atoms with Crippen molar-refractivity contribution < 1.29 is 0 Å². The van der Waals surface area contributed by atoms with Gasteiger partial charge in [-0.1, -0.05) is 30.4 Å². The van der Waals surface area contributed by atoms with Crippen molar-refractivity contribution in [3.05, 3.63) is 59.8 Å². The van der Waals surface area contributed by atoms with E-state index in [2.05, 4.69) is 74.8 Å². The molecule has 0 amide bonds. The van der Waals surface area contributed by atoms with Gasteiger partial charge >= 0.3 is 0 Å². The molecule has 5 rings (SSSR count). The zero-order valence-electron chi connectivity index (χ0n) is 14.5. The first-order chi connectivity index (χ1) is 12.3. The Morgan fingerprint density at radius 1 is 0.960 bits per heavy atom. The molecule has 126 valence electrons. The van der Waals surface area contributed by atoms with Crippen LogP contribution >= 0.6 is 0 Å². The number of aryl methyl sites for hydroxylation is 1. The number of aromatic nitrogens is 2. The molecule has 1 aromatic carbocycles. The maximum Gasteiger partial charge on any atom is 0.128 e. The predicted molar refractivity (Wildman–Crippen MR) is 104 cm³/mol. The van der Waals surface area contributed by atoms with Gasteiger partial charge in [0, 0.05) is 44.3 Å². The van der Waals surface area contributed by atoms with Gasteiger partial charge in [-0.05, 0) is 36.2 Å². The lowest BCUT2D eigenvalue weighted by molar-refractivity contribution is 0.629. The second kappa shape index (κ2) is 5.66. The van der Waals surface area contributed by atoms with Gasteiger partial charge in [0.15, 0.2) is 0 Å². The highest BCUT2D eigenvalue weighted by Crippen LogP contribution is 2.33. The van der Waals surface area contributed by atoms with Crippen LogP contribution < -0.4 is 9.80 Å². The van der Waals surface area contributed by atoms with Crippen molar-refractivity contribution in [2.24, 2.45) is 0 Å². The summed E-state index contributed by atoms with van der Waals surface area (Å²) in [7, 11) is 0. The minimum atomic E-state index is 0.968. The van der Waals surface area contributed by atoms with Crippen molar-refractivity contribution in [2.45, 2.75) is 13.5 Å². The molecule has 4 nitrogen and oxygen atoms in total. The molecule has 2 aliphatic rings. The molecule has 0 N–H and O–H groups in total. The fourth-order valence-electron chi connectivity index (χ4n) is 4.06. The number of rotatable bonds is 2. The Morgan fingerprint density at radius 2 is 1.80 bits per heavy atom. The van der Waals surface area contributed by atoms with E-state index >= 15 is 0 Å². The average Bonchev–Trinajstić information content (AvgIpc) is 3.03. The standard InChI is InChI=1S/C21H22N4/c1-16-7-8-22-19(14-16)23-10-12-24(13-11-23)20-15-18-5-2-4-17-6-3-9-25(20)21(17)18/h2-8,14-15H,9-13H2,1H3. The molecule has 0 atom stereocenters. The fraction of sp³-hybridized carbons (Fsp3) is 0.286. The van der Waals surface area contributed by atoms with Gasteiger partial charge in [0.2, 0.25) is 0 Å². The molecule has 4 heteroatoms. The number of piperazine rings is 1. The van der Waals surface area contributed by atoms with E-state index in [1.807, 2.05) is 6.20 Å². The second-order valence-corrected chi connectivity index (χ2v) is 6.97. The summed E-state index contributed by atoms with van der Waals surface area (Å²) in [5.41, 5.74) is 3.98. The van der Waals surface area contributed by atoms with Gasteiger partial charge in [0.25, 0.3) is 0 Å². The molecule has 0 bridgehead atoms. The number of hydrogen-bond donors (Lipinski definition) is 0.